The maximum absolute atomic E-state index is 5.97. The van der Waals surface area contributed by atoms with Gasteiger partial charge < -0.3 is 5.32 Å². The monoisotopic (exact) mass is 257 g/mol. The molecule has 1 aliphatic rings. The van der Waals surface area contributed by atoms with E-state index >= 15 is 0 Å². The molecule has 1 aliphatic carbocycles. The van der Waals surface area contributed by atoms with E-state index in [1.807, 2.05) is 18.2 Å². The standard InChI is InChI=1S/C13H17Cl2N/c1-9-2-4-11(6-9)16-8-10-3-5-12(14)13(15)7-10/h3,5,7,9,11,16H,2,4,6,8H2,1H3. The van der Waals surface area contributed by atoms with E-state index in [2.05, 4.69) is 12.2 Å². The van der Waals surface area contributed by atoms with Gasteiger partial charge in [-0.1, -0.05) is 36.2 Å². The second-order valence-corrected chi connectivity index (χ2v) is 5.56. The van der Waals surface area contributed by atoms with Crippen LogP contribution in [-0.2, 0) is 6.54 Å². The van der Waals surface area contributed by atoms with Crippen LogP contribution >= 0.6 is 23.2 Å². The molecule has 0 heterocycles. The predicted octanol–water partition coefficient (Wildman–Crippen LogP) is 4.27. The van der Waals surface area contributed by atoms with E-state index in [4.69, 9.17) is 23.2 Å². The molecule has 0 amide bonds. The van der Waals surface area contributed by atoms with Crippen molar-refractivity contribution in [3.8, 4) is 0 Å². The molecule has 1 saturated carbocycles. The smallest absolute Gasteiger partial charge is 0.0595 e. The molecule has 3 heteroatoms. The normalized spacial score (nSPS) is 24.9. The first-order chi connectivity index (χ1) is 7.65. The van der Waals surface area contributed by atoms with Gasteiger partial charge >= 0.3 is 0 Å². The SMILES string of the molecule is CC1CCC(NCc2ccc(Cl)c(Cl)c2)C1. The van der Waals surface area contributed by atoms with Crippen molar-refractivity contribution in [1.82, 2.24) is 5.32 Å². The molecule has 0 spiro atoms. The number of hydrogen-bond donors (Lipinski definition) is 1. The summed E-state index contributed by atoms with van der Waals surface area (Å²) in [4.78, 5) is 0. The zero-order chi connectivity index (χ0) is 11.5. The molecule has 0 saturated heterocycles. The van der Waals surface area contributed by atoms with Gasteiger partial charge in [0.1, 0.15) is 0 Å². The first kappa shape index (κ1) is 12.2. The molecule has 0 aliphatic heterocycles. The summed E-state index contributed by atoms with van der Waals surface area (Å²) in [5.74, 6) is 0.867. The second kappa shape index (κ2) is 5.39. The van der Waals surface area contributed by atoms with Crippen molar-refractivity contribution in [1.29, 1.82) is 0 Å². The average Bonchev–Trinajstić information content (AvgIpc) is 2.66. The molecule has 0 radical (unpaired) electrons. The Hall–Kier alpha value is -0.240. The van der Waals surface area contributed by atoms with Crippen LogP contribution in [0.1, 0.15) is 31.7 Å². The molecular weight excluding hydrogens is 241 g/mol. The third-order valence-corrected chi connectivity index (χ3v) is 4.01. The van der Waals surface area contributed by atoms with Crippen LogP contribution in [0.25, 0.3) is 0 Å². The molecule has 16 heavy (non-hydrogen) atoms. The number of nitrogens with one attached hydrogen (secondary N) is 1. The summed E-state index contributed by atoms with van der Waals surface area (Å²) in [6, 6.07) is 6.50. The van der Waals surface area contributed by atoms with E-state index in [0.717, 1.165) is 12.5 Å². The zero-order valence-corrected chi connectivity index (χ0v) is 11.0. The van der Waals surface area contributed by atoms with Crippen molar-refractivity contribution in [2.24, 2.45) is 5.92 Å². The van der Waals surface area contributed by atoms with Gasteiger partial charge in [0.15, 0.2) is 0 Å². The average molecular weight is 258 g/mol. The Labute approximate surface area is 107 Å². The Morgan fingerprint density at radius 3 is 2.69 bits per heavy atom. The Balaban J connectivity index is 1.87. The second-order valence-electron chi connectivity index (χ2n) is 4.74. The highest BCUT2D eigenvalue weighted by Gasteiger charge is 2.20. The lowest BCUT2D eigenvalue weighted by Gasteiger charge is -2.12. The van der Waals surface area contributed by atoms with E-state index in [9.17, 15) is 0 Å². The van der Waals surface area contributed by atoms with Crippen molar-refractivity contribution < 1.29 is 0 Å². The Bertz CT molecular complexity index is 365. The summed E-state index contributed by atoms with van der Waals surface area (Å²) in [5, 5.41) is 4.84. The molecule has 1 N–H and O–H groups in total. The van der Waals surface area contributed by atoms with Crippen LogP contribution in [0, 0.1) is 5.92 Å². The molecule has 1 aromatic carbocycles. The van der Waals surface area contributed by atoms with Crippen molar-refractivity contribution in [3.63, 3.8) is 0 Å². The quantitative estimate of drug-likeness (QED) is 0.853. The highest BCUT2D eigenvalue weighted by molar-refractivity contribution is 6.42. The third-order valence-electron chi connectivity index (χ3n) is 3.27. The van der Waals surface area contributed by atoms with Crippen LogP contribution in [0.5, 0.6) is 0 Å². The molecule has 2 unspecified atom stereocenters. The van der Waals surface area contributed by atoms with Crippen LogP contribution in [0.15, 0.2) is 18.2 Å². The van der Waals surface area contributed by atoms with Crippen molar-refractivity contribution in [3.05, 3.63) is 33.8 Å². The fraction of sp³-hybridized carbons (Fsp3) is 0.538. The fourth-order valence-corrected chi connectivity index (χ4v) is 2.62. The molecule has 0 bridgehead atoms. The summed E-state index contributed by atoms with van der Waals surface area (Å²) >= 11 is 11.8. The molecule has 1 fully saturated rings. The lowest BCUT2D eigenvalue weighted by atomic mass is 10.1. The van der Waals surface area contributed by atoms with Gasteiger partial charge in [0.25, 0.3) is 0 Å². The third kappa shape index (κ3) is 3.13. The van der Waals surface area contributed by atoms with Crippen LogP contribution in [0.2, 0.25) is 10.0 Å². The highest BCUT2D eigenvalue weighted by atomic mass is 35.5. The first-order valence-electron chi connectivity index (χ1n) is 5.82. The number of benzene rings is 1. The van der Waals surface area contributed by atoms with Crippen LogP contribution in [0.3, 0.4) is 0 Å². The molecule has 1 nitrogen and oxygen atoms in total. The Morgan fingerprint density at radius 2 is 2.06 bits per heavy atom. The lowest BCUT2D eigenvalue weighted by Crippen LogP contribution is -2.25. The highest BCUT2D eigenvalue weighted by Crippen LogP contribution is 2.26. The summed E-state index contributed by atoms with van der Waals surface area (Å²) in [7, 11) is 0. The summed E-state index contributed by atoms with van der Waals surface area (Å²) in [5.41, 5.74) is 1.20. The topological polar surface area (TPSA) is 12.0 Å². The van der Waals surface area contributed by atoms with Crippen LogP contribution < -0.4 is 5.32 Å². The maximum atomic E-state index is 5.97. The zero-order valence-electron chi connectivity index (χ0n) is 9.47. The largest absolute Gasteiger partial charge is 0.310 e. The summed E-state index contributed by atoms with van der Waals surface area (Å²) < 4.78 is 0. The minimum absolute atomic E-state index is 0.625. The first-order valence-corrected chi connectivity index (χ1v) is 6.58. The van der Waals surface area contributed by atoms with Crippen LogP contribution in [0.4, 0.5) is 0 Å². The van der Waals surface area contributed by atoms with E-state index in [1.165, 1.54) is 24.8 Å². The molecular formula is C13H17Cl2N. The van der Waals surface area contributed by atoms with Gasteiger partial charge in [0, 0.05) is 12.6 Å². The number of rotatable bonds is 3. The van der Waals surface area contributed by atoms with E-state index in [1.54, 1.807) is 0 Å². The van der Waals surface area contributed by atoms with Gasteiger partial charge in [-0.25, -0.2) is 0 Å². The molecule has 88 valence electrons. The lowest BCUT2D eigenvalue weighted by molar-refractivity contribution is 0.502. The van der Waals surface area contributed by atoms with Gasteiger partial charge in [0.05, 0.1) is 10.0 Å². The van der Waals surface area contributed by atoms with Crippen molar-refractivity contribution >= 4 is 23.2 Å². The Morgan fingerprint density at radius 1 is 1.25 bits per heavy atom. The minimum atomic E-state index is 0.625. The number of hydrogen-bond acceptors (Lipinski definition) is 1. The van der Waals surface area contributed by atoms with Gasteiger partial charge in [-0.2, -0.15) is 0 Å². The van der Waals surface area contributed by atoms with E-state index < -0.39 is 0 Å². The number of halogens is 2. The van der Waals surface area contributed by atoms with Crippen LogP contribution in [-0.4, -0.2) is 6.04 Å². The molecule has 1 aromatic rings. The molecule has 2 atom stereocenters. The van der Waals surface area contributed by atoms with Gasteiger partial charge in [0.2, 0.25) is 0 Å². The van der Waals surface area contributed by atoms with Gasteiger partial charge in [-0.15, -0.1) is 0 Å². The summed E-state index contributed by atoms with van der Waals surface area (Å²) in [6.45, 7) is 3.20. The van der Waals surface area contributed by atoms with E-state index in [0.29, 0.717) is 16.1 Å². The fourth-order valence-electron chi connectivity index (χ4n) is 2.30. The predicted molar refractivity (Wildman–Crippen MR) is 70.1 cm³/mol. The van der Waals surface area contributed by atoms with Crippen molar-refractivity contribution in [2.45, 2.75) is 38.8 Å². The van der Waals surface area contributed by atoms with E-state index in [-0.39, 0.29) is 0 Å². The van der Waals surface area contributed by atoms with Gasteiger partial charge in [-0.3, -0.25) is 0 Å². The maximum Gasteiger partial charge on any atom is 0.0595 e. The molecule has 2 rings (SSSR count). The minimum Gasteiger partial charge on any atom is -0.310 e. The van der Waals surface area contributed by atoms with Crippen molar-refractivity contribution in [2.75, 3.05) is 0 Å². The summed E-state index contributed by atoms with van der Waals surface area (Å²) in [6.07, 6.45) is 3.93. The Kier molecular flexibility index (Phi) is 4.12. The van der Waals surface area contributed by atoms with Gasteiger partial charge in [-0.05, 0) is 42.9 Å². The molecule has 0 aromatic heterocycles.